The second kappa shape index (κ2) is 20.2. The van der Waals surface area contributed by atoms with E-state index >= 15 is 0 Å². The molecule has 62 heavy (non-hydrogen) atoms. The summed E-state index contributed by atoms with van der Waals surface area (Å²) in [5, 5.41) is 23.3. The smallest absolute Gasteiger partial charge is 0 e. The maximum Gasteiger partial charge on any atom is 0 e. The molecule has 0 amide bonds. The van der Waals surface area contributed by atoms with Crippen molar-refractivity contribution in [1.29, 1.82) is 0 Å². The Labute approximate surface area is 382 Å². The van der Waals surface area contributed by atoms with E-state index in [1.807, 2.05) is 24.6 Å². The predicted octanol–water partition coefficient (Wildman–Crippen LogP) is 17.0. The zero-order valence-electron chi connectivity index (χ0n) is 40.6. The monoisotopic (exact) mass is 978 g/mol. The van der Waals surface area contributed by atoms with Crippen molar-refractivity contribution in [3.8, 4) is 23.0 Å². The van der Waals surface area contributed by atoms with Crippen molar-refractivity contribution in [3.05, 3.63) is 46.5 Å². The van der Waals surface area contributed by atoms with Crippen LogP contribution >= 0.6 is 7.81 Å². The summed E-state index contributed by atoms with van der Waals surface area (Å²) in [6.07, 6.45) is 7.71. The average Bonchev–Trinajstić information content (AvgIpc) is 3.06. The van der Waals surface area contributed by atoms with Gasteiger partial charge in [-0.1, -0.05) is 137 Å². The molecule has 0 aromatic heterocycles. The molecule has 1 aliphatic carbocycles. The minimum atomic E-state index is -10.7. The van der Waals surface area contributed by atoms with Crippen LogP contribution in [0.4, 0.5) is 25.2 Å². The summed E-state index contributed by atoms with van der Waals surface area (Å²) in [4.78, 5) is 10.3. The summed E-state index contributed by atoms with van der Waals surface area (Å²) in [5.74, 6) is 2.18. The third-order valence-corrected chi connectivity index (χ3v) is 24.4. The minimum Gasteiger partial charge on any atom is 0 e. The van der Waals surface area contributed by atoms with Crippen LogP contribution in [0.25, 0.3) is 0 Å². The van der Waals surface area contributed by atoms with Crippen molar-refractivity contribution < 1.29 is 61.3 Å². The third kappa shape index (κ3) is 15.8. The number of aromatic hydroxyl groups is 2. The first-order valence-corrected chi connectivity index (χ1v) is 28.3. The maximum atomic E-state index is 11.7. The fourth-order valence-corrected chi connectivity index (χ4v) is 20.1. The van der Waals surface area contributed by atoms with E-state index in [1.54, 1.807) is 0 Å². The van der Waals surface area contributed by atoms with Crippen LogP contribution in [0.5, 0.6) is 23.0 Å². The normalized spacial score (nSPS) is 18.4. The molecule has 0 aliphatic heterocycles. The summed E-state index contributed by atoms with van der Waals surface area (Å²) in [7, 11) is -15.1. The molecule has 2 N–H and O–H groups in total. The van der Waals surface area contributed by atoms with E-state index in [0.29, 0.717) is 44.4 Å². The zero-order valence-corrected chi connectivity index (χ0v) is 44.7. The first kappa shape index (κ1) is 58.0. The molecular formula is C46H78F6MnN2O4PSi2-. The Hall–Kier alpha value is -2.06. The molecular weight excluding hydrogens is 901 g/mol. The molecule has 16 heteroatoms. The van der Waals surface area contributed by atoms with Gasteiger partial charge in [-0.15, -0.1) is 0 Å². The van der Waals surface area contributed by atoms with Crippen molar-refractivity contribution in [1.82, 2.24) is 0 Å². The number of benzene rings is 2. The Morgan fingerprint density at radius 3 is 1.00 bits per heavy atom. The van der Waals surface area contributed by atoms with Gasteiger partial charge in [-0.2, -0.15) is 0 Å². The van der Waals surface area contributed by atoms with Gasteiger partial charge in [0, 0.05) is 51.8 Å². The summed E-state index contributed by atoms with van der Waals surface area (Å²) in [6.45, 7) is 40.4. The molecule has 1 aliphatic rings. The van der Waals surface area contributed by atoms with Crippen molar-refractivity contribution >= 4 is 36.9 Å². The van der Waals surface area contributed by atoms with Crippen LogP contribution in [0, 0.1) is 0 Å². The maximum absolute atomic E-state index is 11.7. The van der Waals surface area contributed by atoms with Crippen LogP contribution in [-0.4, -0.2) is 51.4 Å². The fraction of sp³-hybridized carbons (Fsp3) is 0.696. The summed E-state index contributed by atoms with van der Waals surface area (Å²) < 4.78 is 73.5. The third-order valence-electron chi connectivity index (χ3n) is 12.3. The molecule has 2 aromatic carbocycles. The van der Waals surface area contributed by atoms with Crippen LogP contribution in [0.15, 0.2) is 34.3 Å². The van der Waals surface area contributed by atoms with Crippen molar-refractivity contribution in [2.75, 3.05) is 0 Å². The number of hydrogen-bond donors (Lipinski definition) is 2. The van der Waals surface area contributed by atoms with Crippen LogP contribution in [0.3, 0.4) is 0 Å². The molecule has 0 saturated heterocycles. The summed E-state index contributed by atoms with van der Waals surface area (Å²) >= 11 is 0. The molecule has 2 atom stereocenters. The largest absolute Gasteiger partial charge is 0 e. The van der Waals surface area contributed by atoms with Gasteiger partial charge in [-0.05, 0) is 81.2 Å². The Morgan fingerprint density at radius 2 is 0.790 bits per heavy atom. The molecule has 0 unspecified atom stereocenters. The average molecular weight is 979 g/mol. The van der Waals surface area contributed by atoms with E-state index in [-0.39, 0.29) is 51.5 Å². The quantitative estimate of drug-likeness (QED) is 0.0855. The van der Waals surface area contributed by atoms with E-state index in [2.05, 4.69) is 137 Å². The van der Waals surface area contributed by atoms with Gasteiger partial charge in [0.05, 0.1) is 12.1 Å². The first-order valence-electron chi connectivity index (χ1n) is 22.0. The first-order chi connectivity index (χ1) is 27.2. The predicted molar refractivity (Wildman–Crippen MR) is 252 cm³/mol. The molecule has 0 spiro atoms. The number of aliphatic imine (C=N–C) groups is 2. The SMILES string of the molecule is CC(C)[Si](Oc1cc(C=N[C@H]2CCCC[C@@H]2N=Cc2cc(O[Si](C(C)C)(C(C)C)C(C)C)cc(C(C)(C)C)c2O)c(O)c(C(C)(C)C)c1)(C(C)C)C(C)C.F[P-](F)(F)(F)(F)F.[Mn]. The van der Waals surface area contributed by atoms with Gasteiger partial charge < -0.3 is 19.1 Å². The molecule has 6 nitrogen and oxygen atoms in total. The standard InChI is InChI=1S/C46H78N2O4Si2.F6P.Mn/c1-29(2)53(30(3)4,31(5)6)51-37-23-35(43(49)39(25-37)45(13,14)15)27-47-41-21-19-20-22-42(41)48-28-36-24-38(26-40(44(36)50)46(16,17)18)52-54(32(7)8,33(9)10)34(11)12;1-7(2,3,4,5)6;/h23-34,41-42,49-50H,19-22H2,1-18H3;;/q;-1;/t41-,42-;;/m0../s1. The van der Waals surface area contributed by atoms with Crippen molar-refractivity contribution in [2.45, 2.75) is 206 Å². The number of nitrogens with zero attached hydrogens (tertiary/aromatic N) is 2. The van der Waals surface area contributed by atoms with Gasteiger partial charge in [0.1, 0.15) is 23.0 Å². The van der Waals surface area contributed by atoms with Gasteiger partial charge in [-0.3, -0.25) is 9.98 Å². The van der Waals surface area contributed by atoms with Crippen molar-refractivity contribution in [3.63, 3.8) is 0 Å². The zero-order chi connectivity index (χ0) is 47.5. The van der Waals surface area contributed by atoms with E-state index in [9.17, 15) is 35.4 Å². The number of halogens is 6. The molecule has 2 aromatic rings. The Bertz CT molecular complexity index is 1690. The van der Waals surface area contributed by atoms with Gasteiger partial charge in [0.25, 0.3) is 16.6 Å². The summed E-state index contributed by atoms with van der Waals surface area (Å²) in [5.41, 5.74) is 5.12. The topological polar surface area (TPSA) is 83.6 Å². The van der Waals surface area contributed by atoms with E-state index in [0.717, 1.165) is 48.3 Å². The number of rotatable bonds is 14. The molecule has 0 heterocycles. The minimum absolute atomic E-state index is 0. The van der Waals surface area contributed by atoms with E-state index in [1.165, 1.54) is 0 Å². The number of phenols is 2. The Balaban J connectivity index is 0.00000220. The van der Waals surface area contributed by atoms with Crippen LogP contribution in [0.1, 0.15) is 173 Å². The Kier molecular flexibility index (Phi) is 18.9. The van der Waals surface area contributed by atoms with Gasteiger partial charge in [-0.25, -0.2) is 0 Å². The van der Waals surface area contributed by atoms with E-state index in [4.69, 9.17) is 18.8 Å². The Morgan fingerprint density at radius 1 is 0.548 bits per heavy atom. The second-order valence-electron chi connectivity index (χ2n) is 21.1. The molecule has 1 fully saturated rings. The summed E-state index contributed by atoms with van der Waals surface area (Å²) in [6, 6.07) is 8.02. The van der Waals surface area contributed by atoms with Crippen LogP contribution in [0.2, 0.25) is 33.2 Å². The van der Waals surface area contributed by atoms with Crippen molar-refractivity contribution in [2.24, 2.45) is 9.98 Å². The second-order valence-corrected chi connectivity index (χ2v) is 33.8. The molecule has 1 saturated carbocycles. The van der Waals surface area contributed by atoms with Gasteiger partial charge in [0.2, 0.25) is 0 Å². The number of phenolic OH excluding ortho intramolecular Hbond substituents is 2. The van der Waals surface area contributed by atoms with Crippen LogP contribution in [-0.2, 0) is 27.9 Å². The van der Waals surface area contributed by atoms with E-state index < -0.39 is 24.4 Å². The fourth-order valence-electron chi connectivity index (χ4n) is 9.62. The van der Waals surface area contributed by atoms with Gasteiger partial charge >= 0.3 is 33.0 Å². The molecule has 359 valence electrons. The number of hydrogen-bond acceptors (Lipinski definition) is 6. The molecule has 1 radical (unpaired) electrons. The van der Waals surface area contributed by atoms with Gasteiger partial charge in [0.15, 0.2) is 0 Å². The van der Waals surface area contributed by atoms with Crippen LogP contribution < -0.4 is 8.85 Å². The molecule has 3 rings (SSSR count). The molecule has 0 bridgehead atoms.